The molecule has 2 aromatic rings. The van der Waals surface area contributed by atoms with Crippen molar-refractivity contribution in [3.05, 3.63) is 64.7 Å². The zero-order valence-electron chi connectivity index (χ0n) is 17.9. The normalized spacial score (nSPS) is 29.3. The molecule has 1 aromatic carbocycles. The third-order valence-electron chi connectivity index (χ3n) is 6.86. The second-order valence-electron chi connectivity index (χ2n) is 8.88. The SMILES string of the molecule is Cc1cccnc1C(=O)Cc1ccc(F)c([C@@]2(C)N=C(N)[C@@]3(C)CCC[C@@H]2S3(=O)=O)c1. The van der Waals surface area contributed by atoms with Crippen LogP contribution < -0.4 is 5.73 Å². The van der Waals surface area contributed by atoms with Gasteiger partial charge >= 0.3 is 0 Å². The Morgan fingerprint density at radius 3 is 2.74 bits per heavy atom. The van der Waals surface area contributed by atoms with Crippen molar-refractivity contribution in [3.8, 4) is 0 Å². The minimum atomic E-state index is -3.67. The molecule has 0 unspecified atom stereocenters. The first kappa shape index (κ1) is 21.6. The number of pyridine rings is 1. The van der Waals surface area contributed by atoms with Gasteiger partial charge in [-0.1, -0.05) is 18.6 Å². The molecule has 1 saturated heterocycles. The summed E-state index contributed by atoms with van der Waals surface area (Å²) in [6.07, 6.45) is 3.06. The molecule has 3 atom stereocenters. The highest BCUT2D eigenvalue weighted by molar-refractivity contribution is 7.94. The first-order valence-electron chi connectivity index (χ1n) is 10.3. The Balaban J connectivity index is 1.78. The fraction of sp³-hybridized carbons (Fsp3) is 0.435. The number of halogens is 1. The van der Waals surface area contributed by atoms with Crippen LogP contribution in [-0.4, -0.2) is 35.0 Å². The highest BCUT2D eigenvalue weighted by Gasteiger charge is 2.60. The second-order valence-corrected chi connectivity index (χ2v) is 11.4. The largest absolute Gasteiger partial charge is 0.386 e. The number of carbonyl (C=O) groups is 1. The van der Waals surface area contributed by atoms with Gasteiger partial charge in [-0.05, 0) is 62.9 Å². The molecule has 164 valence electrons. The fourth-order valence-electron chi connectivity index (χ4n) is 4.88. The van der Waals surface area contributed by atoms with Gasteiger partial charge in [0.2, 0.25) is 0 Å². The van der Waals surface area contributed by atoms with Crippen molar-refractivity contribution in [1.29, 1.82) is 0 Å². The van der Waals surface area contributed by atoms with Gasteiger partial charge in [-0.25, -0.2) is 12.8 Å². The van der Waals surface area contributed by atoms with Crippen LogP contribution in [0.1, 0.15) is 60.3 Å². The van der Waals surface area contributed by atoms with Crippen LogP contribution in [0.15, 0.2) is 41.5 Å². The molecular formula is C23H26FN3O3S. The van der Waals surface area contributed by atoms with Crippen LogP contribution in [0.25, 0.3) is 0 Å². The summed E-state index contributed by atoms with van der Waals surface area (Å²) >= 11 is 0. The molecule has 8 heteroatoms. The Bertz CT molecular complexity index is 1210. The number of amidine groups is 1. The van der Waals surface area contributed by atoms with E-state index in [0.717, 1.165) is 5.56 Å². The van der Waals surface area contributed by atoms with Gasteiger partial charge in [0.1, 0.15) is 27.6 Å². The first-order chi connectivity index (χ1) is 14.5. The molecule has 1 aromatic heterocycles. The van der Waals surface area contributed by atoms with E-state index in [4.69, 9.17) is 5.73 Å². The molecule has 4 rings (SSSR count). The molecule has 6 nitrogen and oxygen atoms in total. The van der Waals surface area contributed by atoms with Crippen molar-refractivity contribution >= 4 is 21.5 Å². The Hall–Kier alpha value is -2.61. The number of fused-ring (bicyclic) bond motifs is 2. The third kappa shape index (κ3) is 3.19. The number of aromatic nitrogens is 1. The van der Waals surface area contributed by atoms with Gasteiger partial charge in [0.15, 0.2) is 15.6 Å². The molecule has 0 spiro atoms. The number of rotatable bonds is 4. The molecule has 3 heterocycles. The van der Waals surface area contributed by atoms with E-state index in [1.54, 1.807) is 32.2 Å². The minimum absolute atomic E-state index is 0.0234. The minimum Gasteiger partial charge on any atom is -0.386 e. The number of carbonyl (C=O) groups excluding carboxylic acids is 1. The van der Waals surface area contributed by atoms with Gasteiger partial charge in [-0.3, -0.25) is 14.8 Å². The summed E-state index contributed by atoms with van der Waals surface area (Å²) in [5.74, 6) is -0.727. The van der Waals surface area contributed by atoms with Gasteiger partial charge in [-0.2, -0.15) is 0 Å². The number of aryl methyl sites for hydroxylation is 1. The van der Waals surface area contributed by atoms with Crippen LogP contribution in [-0.2, 0) is 21.8 Å². The highest BCUT2D eigenvalue weighted by atomic mass is 32.2. The van der Waals surface area contributed by atoms with E-state index in [-0.39, 0.29) is 23.6 Å². The maximum absolute atomic E-state index is 15.0. The summed E-state index contributed by atoms with van der Waals surface area (Å²) in [5.41, 5.74) is 6.65. The fourth-order valence-corrected chi connectivity index (χ4v) is 7.54. The lowest BCUT2D eigenvalue weighted by Gasteiger charge is -2.48. The maximum Gasteiger partial charge on any atom is 0.185 e. The van der Waals surface area contributed by atoms with Gasteiger partial charge < -0.3 is 5.73 Å². The highest BCUT2D eigenvalue weighted by Crippen LogP contribution is 2.49. The molecule has 2 bridgehead atoms. The van der Waals surface area contributed by atoms with Crippen molar-refractivity contribution in [3.63, 3.8) is 0 Å². The monoisotopic (exact) mass is 443 g/mol. The number of ketones is 1. The number of Topliss-reactive ketones (excluding diaryl/α,β-unsaturated/α-hetero) is 1. The summed E-state index contributed by atoms with van der Waals surface area (Å²) in [5, 5.41) is -0.871. The predicted octanol–water partition coefficient (Wildman–Crippen LogP) is 3.27. The Labute approximate surface area is 181 Å². The molecule has 0 radical (unpaired) electrons. The summed E-state index contributed by atoms with van der Waals surface area (Å²) in [7, 11) is -3.67. The van der Waals surface area contributed by atoms with Crippen LogP contribution in [0.3, 0.4) is 0 Å². The third-order valence-corrected chi connectivity index (χ3v) is 9.97. The van der Waals surface area contributed by atoms with Crippen molar-refractivity contribution < 1.29 is 17.6 Å². The van der Waals surface area contributed by atoms with E-state index >= 15 is 4.39 Å². The van der Waals surface area contributed by atoms with Crippen molar-refractivity contribution in [2.24, 2.45) is 10.7 Å². The van der Waals surface area contributed by atoms with Gasteiger partial charge in [0.05, 0.1) is 5.25 Å². The first-order valence-corrected chi connectivity index (χ1v) is 11.9. The zero-order chi connectivity index (χ0) is 22.6. The Kier molecular flexibility index (Phi) is 5.04. The van der Waals surface area contributed by atoms with E-state index in [2.05, 4.69) is 9.98 Å². The lowest BCUT2D eigenvalue weighted by atomic mass is 9.82. The molecular weight excluding hydrogens is 417 g/mol. The molecule has 0 saturated carbocycles. The Morgan fingerprint density at radius 2 is 2.03 bits per heavy atom. The van der Waals surface area contributed by atoms with Crippen LogP contribution in [0.2, 0.25) is 0 Å². The summed E-state index contributed by atoms with van der Waals surface area (Å²) in [6, 6.07) is 7.92. The maximum atomic E-state index is 15.0. The summed E-state index contributed by atoms with van der Waals surface area (Å²) < 4.78 is 40.5. The number of benzene rings is 1. The van der Waals surface area contributed by atoms with Crippen LogP contribution in [0.4, 0.5) is 4.39 Å². The number of hydrogen-bond donors (Lipinski definition) is 1. The lowest BCUT2D eigenvalue weighted by Crippen LogP contribution is -2.63. The van der Waals surface area contributed by atoms with Crippen molar-refractivity contribution in [2.75, 3.05) is 0 Å². The molecule has 1 fully saturated rings. The van der Waals surface area contributed by atoms with Crippen molar-refractivity contribution in [1.82, 2.24) is 4.98 Å². The molecule has 2 aliphatic rings. The van der Waals surface area contributed by atoms with Gasteiger partial charge in [-0.15, -0.1) is 0 Å². The molecule has 31 heavy (non-hydrogen) atoms. The van der Waals surface area contributed by atoms with Crippen LogP contribution in [0.5, 0.6) is 0 Å². The molecule has 2 N–H and O–H groups in total. The van der Waals surface area contributed by atoms with E-state index < -0.39 is 31.2 Å². The topological polar surface area (TPSA) is 102 Å². The number of sulfone groups is 1. The van der Waals surface area contributed by atoms with Crippen molar-refractivity contribution in [2.45, 2.75) is 62.0 Å². The molecule has 0 aliphatic carbocycles. The predicted molar refractivity (Wildman–Crippen MR) is 117 cm³/mol. The summed E-state index contributed by atoms with van der Waals surface area (Å²) in [4.78, 5) is 21.5. The lowest BCUT2D eigenvalue weighted by molar-refractivity contribution is 0.0987. The Morgan fingerprint density at radius 1 is 1.29 bits per heavy atom. The molecule has 2 aliphatic heterocycles. The van der Waals surface area contributed by atoms with E-state index in [9.17, 15) is 13.2 Å². The average Bonchev–Trinajstić information content (AvgIpc) is 2.70. The summed E-state index contributed by atoms with van der Waals surface area (Å²) in [6.45, 7) is 5.04. The molecule has 0 amide bonds. The number of hydrogen-bond acceptors (Lipinski definition) is 6. The van der Waals surface area contributed by atoms with E-state index in [1.807, 2.05) is 13.0 Å². The van der Waals surface area contributed by atoms with Crippen LogP contribution >= 0.6 is 0 Å². The average molecular weight is 444 g/mol. The quantitative estimate of drug-likeness (QED) is 0.731. The smallest absolute Gasteiger partial charge is 0.185 e. The van der Waals surface area contributed by atoms with Crippen LogP contribution in [0, 0.1) is 12.7 Å². The number of aliphatic imine (C=N–C) groups is 1. The zero-order valence-corrected chi connectivity index (χ0v) is 18.7. The van der Waals surface area contributed by atoms with E-state index in [1.165, 1.54) is 12.1 Å². The van der Waals surface area contributed by atoms with Gasteiger partial charge in [0, 0.05) is 18.2 Å². The van der Waals surface area contributed by atoms with Gasteiger partial charge in [0.25, 0.3) is 0 Å². The standard InChI is InChI=1S/C23H26FN3O3S/c1-14-6-5-11-26-20(14)18(28)13-15-8-9-17(24)16(12-15)23(3)19-7-4-10-22(2,21(25)27-23)31(19,29)30/h5-6,8-9,11-12,19H,4,7,10,13H2,1-3H3,(H2,25,27)/t19-,22+,23+/m0/s1. The number of nitrogens with zero attached hydrogens (tertiary/aromatic N) is 2. The van der Waals surface area contributed by atoms with E-state index in [0.29, 0.717) is 30.5 Å². The number of nitrogens with two attached hydrogens (primary N) is 1. The second kappa shape index (κ2) is 7.22.